The Hall–Kier alpha value is -2.31. The molecule has 0 aromatic carbocycles. The SMILES string of the molecule is COc1cnc2c(NC(=O)O)cnn2c1. The van der Waals surface area contributed by atoms with Gasteiger partial charge in [0.2, 0.25) is 0 Å². The molecule has 7 nitrogen and oxygen atoms in total. The lowest BCUT2D eigenvalue weighted by atomic mass is 10.5. The maximum absolute atomic E-state index is 10.4. The van der Waals surface area contributed by atoms with Crippen LogP contribution in [-0.4, -0.2) is 32.9 Å². The Labute approximate surface area is 84.3 Å². The summed E-state index contributed by atoms with van der Waals surface area (Å²) in [6.45, 7) is 0. The number of ether oxygens (including phenoxy) is 1. The molecule has 2 aromatic rings. The summed E-state index contributed by atoms with van der Waals surface area (Å²) in [4.78, 5) is 14.4. The molecule has 0 aliphatic rings. The van der Waals surface area contributed by atoms with E-state index in [0.29, 0.717) is 17.1 Å². The number of fused-ring (bicyclic) bond motifs is 1. The zero-order valence-electron chi connectivity index (χ0n) is 7.84. The molecule has 0 radical (unpaired) electrons. The first-order valence-corrected chi connectivity index (χ1v) is 4.08. The van der Waals surface area contributed by atoms with Gasteiger partial charge in [-0.25, -0.2) is 14.3 Å². The minimum atomic E-state index is -1.15. The third kappa shape index (κ3) is 1.66. The van der Waals surface area contributed by atoms with Crippen LogP contribution in [0.2, 0.25) is 0 Å². The quantitative estimate of drug-likeness (QED) is 0.762. The first-order chi connectivity index (χ1) is 7.20. The van der Waals surface area contributed by atoms with Crippen LogP contribution in [0, 0.1) is 0 Å². The van der Waals surface area contributed by atoms with E-state index in [1.807, 2.05) is 0 Å². The molecule has 2 aromatic heterocycles. The largest absolute Gasteiger partial charge is 0.494 e. The lowest BCUT2D eigenvalue weighted by Crippen LogP contribution is -2.07. The molecule has 2 rings (SSSR count). The van der Waals surface area contributed by atoms with Gasteiger partial charge in [0.05, 0.1) is 25.7 Å². The summed E-state index contributed by atoms with van der Waals surface area (Å²) in [7, 11) is 1.52. The zero-order chi connectivity index (χ0) is 10.8. The van der Waals surface area contributed by atoms with Gasteiger partial charge >= 0.3 is 6.09 Å². The molecule has 0 bridgehead atoms. The highest BCUT2D eigenvalue weighted by Gasteiger charge is 2.08. The second-order valence-corrected chi connectivity index (χ2v) is 2.75. The van der Waals surface area contributed by atoms with E-state index in [0.717, 1.165) is 0 Å². The van der Waals surface area contributed by atoms with E-state index < -0.39 is 6.09 Å². The van der Waals surface area contributed by atoms with Gasteiger partial charge < -0.3 is 9.84 Å². The van der Waals surface area contributed by atoms with Crippen molar-refractivity contribution in [1.29, 1.82) is 0 Å². The van der Waals surface area contributed by atoms with Crippen molar-refractivity contribution in [3.05, 3.63) is 18.6 Å². The van der Waals surface area contributed by atoms with Gasteiger partial charge in [-0.15, -0.1) is 0 Å². The number of methoxy groups -OCH3 is 1. The van der Waals surface area contributed by atoms with Gasteiger partial charge in [-0.2, -0.15) is 5.10 Å². The highest BCUT2D eigenvalue weighted by atomic mass is 16.5. The van der Waals surface area contributed by atoms with E-state index in [1.54, 1.807) is 6.20 Å². The lowest BCUT2D eigenvalue weighted by molar-refractivity contribution is 0.210. The zero-order valence-corrected chi connectivity index (χ0v) is 7.84. The molecule has 0 atom stereocenters. The van der Waals surface area contributed by atoms with E-state index in [2.05, 4.69) is 15.4 Å². The molecule has 78 valence electrons. The van der Waals surface area contributed by atoms with Crippen LogP contribution < -0.4 is 10.1 Å². The number of nitrogens with zero attached hydrogens (tertiary/aromatic N) is 3. The Bertz CT molecular complexity index is 508. The van der Waals surface area contributed by atoms with Gasteiger partial charge in [-0.05, 0) is 0 Å². The first-order valence-electron chi connectivity index (χ1n) is 4.08. The summed E-state index contributed by atoms with van der Waals surface area (Å²) in [5.74, 6) is 0.549. The number of aromatic nitrogens is 3. The van der Waals surface area contributed by atoms with E-state index >= 15 is 0 Å². The van der Waals surface area contributed by atoms with Gasteiger partial charge in [0.1, 0.15) is 5.69 Å². The maximum Gasteiger partial charge on any atom is 0.409 e. The van der Waals surface area contributed by atoms with E-state index in [9.17, 15) is 4.79 Å². The molecular weight excluding hydrogens is 200 g/mol. The monoisotopic (exact) mass is 208 g/mol. The Morgan fingerprint density at radius 1 is 1.60 bits per heavy atom. The van der Waals surface area contributed by atoms with Crippen LogP contribution >= 0.6 is 0 Å². The molecule has 1 amide bonds. The summed E-state index contributed by atoms with van der Waals surface area (Å²) in [5.41, 5.74) is 0.767. The van der Waals surface area contributed by atoms with Gasteiger partial charge in [0.15, 0.2) is 11.4 Å². The smallest absolute Gasteiger partial charge is 0.409 e. The average Bonchev–Trinajstić information content (AvgIpc) is 2.60. The van der Waals surface area contributed by atoms with Crippen molar-refractivity contribution in [3.8, 4) is 5.75 Å². The Balaban J connectivity index is 2.47. The number of amides is 1. The molecule has 7 heteroatoms. The molecule has 2 heterocycles. The summed E-state index contributed by atoms with van der Waals surface area (Å²) in [6, 6.07) is 0. The number of rotatable bonds is 2. The predicted octanol–water partition coefficient (Wildman–Crippen LogP) is 0.828. The lowest BCUT2D eigenvalue weighted by Gasteiger charge is -2.00. The van der Waals surface area contributed by atoms with Crippen LogP contribution in [0.25, 0.3) is 5.65 Å². The fourth-order valence-corrected chi connectivity index (χ4v) is 1.17. The van der Waals surface area contributed by atoms with Gasteiger partial charge in [-0.1, -0.05) is 0 Å². The van der Waals surface area contributed by atoms with Crippen molar-refractivity contribution >= 4 is 17.4 Å². The van der Waals surface area contributed by atoms with Crippen molar-refractivity contribution in [2.45, 2.75) is 0 Å². The summed E-state index contributed by atoms with van der Waals surface area (Å²) in [6.07, 6.45) is 3.33. The van der Waals surface area contributed by atoms with E-state index in [4.69, 9.17) is 9.84 Å². The topological polar surface area (TPSA) is 88.8 Å². The Morgan fingerprint density at radius 3 is 3.07 bits per heavy atom. The Morgan fingerprint density at radius 2 is 2.40 bits per heavy atom. The van der Waals surface area contributed by atoms with Gasteiger partial charge in [0.25, 0.3) is 0 Å². The second kappa shape index (κ2) is 3.45. The molecule has 0 aliphatic carbocycles. The molecule has 0 aliphatic heterocycles. The number of hydrogen-bond donors (Lipinski definition) is 2. The van der Waals surface area contributed by atoms with Crippen molar-refractivity contribution in [2.24, 2.45) is 0 Å². The number of nitrogens with one attached hydrogen (secondary N) is 1. The molecule has 0 saturated heterocycles. The van der Waals surface area contributed by atoms with Crippen molar-refractivity contribution < 1.29 is 14.6 Å². The molecule has 0 unspecified atom stereocenters. The number of anilines is 1. The summed E-state index contributed by atoms with van der Waals surface area (Å²) >= 11 is 0. The summed E-state index contributed by atoms with van der Waals surface area (Å²) < 4.78 is 6.39. The second-order valence-electron chi connectivity index (χ2n) is 2.75. The van der Waals surface area contributed by atoms with Crippen LogP contribution in [0.5, 0.6) is 5.75 Å². The number of hydrogen-bond acceptors (Lipinski definition) is 4. The fourth-order valence-electron chi connectivity index (χ4n) is 1.17. The predicted molar refractivity (Wildman–Crippen MR) is 51.2 cm³/mol. The minimum Gasteiger partial charge on any atom is -0.494 e. The molecular formula is C8H8N4O3. The third-order valence-corrected chi connectivity index (χ3v) is 1.81. The highest BCUT2D eigenvalue weighted by molar-refractivity contribution is 5.87. The molecule has 0 fully saturated rings. The van der Waals surface area contributed by atoms with Gasteiger partial charge in [-0.3, -0.25) is 5.32 Å². The first kappa shape index (κ1) is 9.25. The number of carbonyl (C=O) groups is 1. The van der Waals surface area contributed by atoms with Crippen molar-refractivity contribution in [1.82, 2.24) is 14.6 Å². The van der Waals surface area contributed by atoms with Crippen LogP contribution in [0.1, 0.15) is 0 Å². The van der Waals surface area contributed by atoms with Crippen LogP contribution in [0.4, 0.5) is 10.5 Å². The van der Waals surface area contributed by atoms with E-state index in [1.165, 1.54) is 24.0 Å². The molecule has 0 spiro atoms. The minimum absolute atomic E-state index is 0.338. The normalized spacial score (nSPS) is 10.2. The molecule has 0 saturated carbocycles. The van der Waals surface area contributed by atoms with Crippen LogP contribution in [-0.2, 0) is 0 Å². The fraction of sp³-hybridized carbons (Fsp3) is 0.125. The van der Waals surface area contributed by atoms with Crippen molar-refractivity contribution in [3.63, 3.8) is 0 Å². The Kier molecular flexibility index (Phi) is 2.13. The van der Waals surface area contributed by atoms with Crippen molar-refractivity contribution in [2.75, 3.05) is 12.4 Å². The standard InChI is InChI=1S/C8H8N4O3/c1-15-5-2-9-7-6(11-8(13)14)3-10-12(7)4-5/h2-4,11H,1H3,(H,13,14). The highest BCUT2D eigenvalue weighted by Crippen LogP contribution is 2.16. The van der Waals surface area contributed by atoms with Crippen LogP contribution in [0.3, 0.4) is 0 Å². The van der Waals surface area contributed by atoms with Gasteiger partial charge in [0, 0.05) is 0 Å². The molecule has 15 heavy (non-hydrogen) atoms. The average molecular weight is 208 g/mol. The van der Waals surface area contributed by atoms with E-state index in [-0.39, 0.29) is 0 Å². The third-order valence-electron chi connectivity index (χ3n) is 1.81. The molecule has 2 N–H and O–H groups in total. The van der Waals surface area contributed by atoms with Crippen LogP contribution in [0.15, 0.2) is 18.6 Å². The number of carboxylic acid groups (broad SMARTS) is 1. The summed E-state index contributed by atoms with van der Waals surface area (Å²) in [5, 5.41) is 14.7. The maximum atomic E-state index is 10.4.